The van der Waals surface area contributed by atoms with Crippen molar-refractivity contribution < 1.29 is 17.6 Å². The molecule has 306 valence electrons. The van der Waals surface area contributed by atoms with E-state index in [9.17, 15) is 0 Å². The first-order valence-corrected chi connectivity index (χ1v) is 21.9. The number of fused-ring (bicyclic) bond motifs is 14. The monoisotopic (exact) mass is 832 g/mol. The van der Waals surface area contributed by atoms with Crippen LogP contribution in [0.15, 0.2) is 179 Å². The summed E-state index contributed by atoms with van der Waals surface area (Å²) in [6.45, 7) is 4.30. The van der Waals surface area contributed by atoms with E-state index >= 15 is 8.78 Å². The van der Waals surface area contributed by atoms with Gasteiger partial charge < -0.3 is 18.0 Å². The molecule has 0 radical (unpaired) electrons. The molecule has 0 bridgehead atoms. The summed E-state index contributed by atoms with van der Waals surface area (Å²) in [6.07, 6.45) is 1.07. The molecular formula is C58H38F2N2O2. The zero-order valence-electron chi connectivity index (χ0n) is 35.0. The number of para-hydroxylation sites is 4. The van der Waals surface area contributed by atoms with Gasteiger partial charge in [0.1, 0.15) is 34.0 Å². The fourth-order valence-corrected chi connectivity index (χ4v) is 10.9. The Balaban J connectivity index is 1.34. The standard InChI is InChI=1S/C58H38F2N2O2/c1-3-33-51(39-19-5-11-23-43(39)59)58(62-46-26-14-8-18-36(46)38-30-32-50-54(57(38)62)42-22-10-16-28-48(42)64-50)52(40-20-6-12-24-44(40)60)34(4-2)55(33)61-45-25-13-7-17-35(45)37-29-31-49-53(56(37)61)41-21-9-15-27-47(41)63-49/h5-32H,3-4H2,1-2H3. The topological polar surface area (TPSA) is 36.1 Å². The maximum absolute atomic E-state index is 17.3. The van der Waals surface area contributed by atoms with Crippen LogP contribution in [-0.2, 0) is 12.8 Å². The van der Waals surface area contributed by atoms with Gasteiger partial charge in [-0.05, 0) is 84.6 Å². The zero-order chi connectivity index (χ0) is 42.8. The minimum absolute atomic E-state index is 0.363. The summed E-state index contributed by atoms with van der Waals surface area (Å²) in [4.78, 5) is 0. The van der Waals surface area contributed by atoms with Gasteiger partial charge in [0, 0.05) is 54.6 Å². The van der Waals surface area contributed by atoms with Gasteiger partial charge in [0.2, 0.25) is 0 Å². The number of hydrogen-bond donors (Lipinski definition) is 0. The second-order valence-corrected chi connectivity index (χ2v) is 16.6. The molecule has 0 N–H and O–H groups in total. The summed E-state index contributed by atoms with van der Waals surface area (Å²) in [6, 6.07) is 55.6. The van der Waals surface area contributed by atoms with Crippen molar-refractivity contribution in [2.45, 2.75) is 26.7 Å². The Morgan fingerprint density at radius 1 is 0.375 bits per heavy atom. The molecule has 13 aromatic rings. The molecular weight excluding hydrogens is 795 g/mol. The van der Waals surface area contributed by atoms with E-state index < -0.39 is 0 Å². The number of halogens is 2. The number of hydrogen-bond acceptors (Lipinski definition) is 2. The predicted molar refractivity (Wildman–Crippen MR) is 259 cm³/mol. The Bertz CT molecular complexity index is 4010. The van der Waals surface area contributed by atoms with Crippen molar-refractivity contribution >= 4 is 87.5 Å². The van der Waals surface area contributed by atoms with Crippen LogP contribution in [0.1, 0.15) is 25.0 Å². The largest absolute Gasteiger partial charge is 0.456 e. The molecule has 4 nitrogen and oxygen atoms in total. The van der Waals surface area contributed by atoms with E-state index in [0.717, 1.165) is 110 Å². The van der Waals surface area contributed by atoms with Crippen LogP contribution < -0.4 is 0 Å². The van der Waals surface area contributed by atoms with Gasteiger partial charge in [-0.1, -0.05) is 123 Å². The molecule has 4 heterocycles. The molecule has 4 aromatic heterocycles. The summed E-state index contributed by atoms with van der Waals surface area (Å²) < 4.78 is 52.3. The lowest BCUT2D eigenvalue weighted by Gasteiger charge is -2.29. The van der Waals surface area contributed by atoms with Crippen LogP contribution in [0.5, 0.6) is 0 Å². The Hall–Kier alpha value is -7.96. The molecule has 13 rings (SSSR count). The third kappa shape index (κ3) is 4.91. The summed E-state index contributed by atoms with van der Waals surface area (Å²) in [5.41, 5.74) is 12.7. The second kappa shape index (κ2) is 13.8. The fourth-order valence-electron chi connectivity index (χ4n) is 10.9. The van der Waals surface area contributed by atoms with E-state index in [-0.39, 0.29) is 11.6 Å². The molecule has 0 saturated carbocycles. The number of aromatic nitrogens is 2. The molecule has 0 aliphatic rings. The van der Waals surface area contributed by atoms with E-state index in [0.29, 0.717) is 35.1 Å². The van der Waals surface area contributed by atoms with E-state index in [1.807, 2.05) is 72.8 Å². The zero-order valence-corrected chi connectivity index (χ0v) is 35.0. The molecule has 0 amide bonds. The first-order chi connectivity index (χ1) is 31.6. The molecule has 0 aliphatic heterocycles. The number of nitrogens with zero attached hydrogens (tertiary/aromatic N) is 2. The molecule has 9 aromatic carbocycles. The van der Waals surface area contributed by atoms with Crippen LogP contribution >= 0.6 is 0 Å². The van der Waals surface area contributed by atoms with E-state index in [4.69, 9.17) is 8.83 Å². The Morgan fingerprint density at radius 3 is 1.22 bits per heavy atom. The molecule has 0 saturated heterocycles. The minimum atomic E-state index is -0.363. The van der Waals surface area contributed by atoms with E-state index in [1.165, 1.54) is 12.1 Å². The van der Waals surface area contributed by atoms with Gasteiger partial charge in [-0.2, -0.15) is 0 Å². The molecule has 0 aliphatic carbocycles. The van der Waals surface area contributed by atoms with Gasteiger partial charge in [-0.15, -0.1) is 0 Å². The summed E-state index contributed by atoms with van der Waals surface area (Å²) in [7, 11) is 0. The van der Waals surface area contributed by atoms with E-state index in [1.54, 1.807) is 12.1 Å². The van der Waals surface area contributed by atoms with Crippen molar-refractivity contribution in [2.75, 3.05) is 0 Å². The van der Waals surface area contributed by atoms with Crippen molar-refractivity contribution in [1.29, 1.82) is 0 Å². The lowest BCUT2D eigenvalue weighted by molar-refractivity contribution is 0.630. The lowest BCUT2D eigenvalue weighted by Crippen LogP contribution is -2.13. The maximum atomic E-state index is 17.3. The number of rotatable bonds is 6. The normalized spacial score (nSPS) is 12.2. The molecule has 6 heteroatoms. The van der Waals surface area contributed by atoms with Crippen molar-refractivity contribution in [3.05, 3.63) is 193 Å². The minimum Gasteiger partial charge on any atom is -0.456 e. The first kappa shape index (κ1) is 36.7. The van der Waals surface area contributed by atoms with Gasteiger partial charge in [-0.3, -0.25) is 0 Å². The Morgan fingerprint density at radius 2 is 0.766 bits per heavy atom. The van der Waals surface area contributed by atoms with Gasteiger partial charge >= 0.3 is 0 Å². The molecule has 0 spiro atoms. The van der Waals surface area contributed by atoms with Crippen LogP contribution in [0.2, 0.25) is 0 Å². The van der Waals surface area contributed by atoms with E-state index in [2.05, 4.69) is 95.8 Å². The predicted octanol–water partition coefficient (Wildman–Crippen LogP) is 16.4. The highest BCUT2D eigenvalue weighted by Gasteiger charge is 2.33. The molecule has 0 fully saturated rings. The van der Waals surface area contributed by atoms with Crippen molar-refractivity contribution in [3.8, 4) is 33.6 Å². The first-order valence-electron chi connectivity index (χ1n) is 21.9. The lowest BCUT2D eigenvalue weighted by atomic mass is 9.83. The third-order valence-corrected chi connectivity index (χ3v) is 13.4. The average molecular weight is 833 g/mol. The maximum Gasteiger partial charge on any atom is 0.137 e. The second-order valence-electron chi connectivity index (χ2n) is 16.6. The highest BCUT2D eigenvalue weighted by atomic mass is 19.1. The fraction of sp³-hybridized carbons (Fsp3) is 0.0690. The SMILES string of the molecule is CCc1c(-c2ccccc2F)c(-n2c3ccccc3c3ccc4oc5ccccc5c4c32)c(-c2ccccc2F)c(CC)c1-n1c2ccccc2c2ccc3oc4ccccc4c3c21. The van der Waals surface area contributed by atoms with Crippen molar-refractivity contribution in [2.24, 2.45) is 0 Å². The molecule has 0 atom stereocenters. The smallest absolute Gasteiger partial charge is 0.137 e. The van der Waals surface area contributed by atoms with Gasteiger partial charge in [0.15, 0.2) is 0 Å². The van der Waals surface area contributed by atoms with Crippen LogP contribution in [0.4, 0.5) is 8.78 Å². The van der Waals surface area contributed by atoms with Crippen molar-refractivity contribution in [1.82, 2.24) is 9.13 Å². The Kier molecular flexibility index (Phi) is 7.89. The summed E-state index contributed by atoms with van der Waals surface area (Å²) in [5, 5.41) is 8.11. The number of furan rings is 2. The van der Waals surface area contributed by atoms with Gasteiger partial charge in [0.05, 0.1) is 44.2 Å². The highest BCUT2D eigenvalue weighted by molar-refractivity contribution is 6.26. The van der Waals surface area contributed by atoms with Crippen molar-refractivity contribution in [3.63, 3.8) is 0 Å². The quantitative estimate of drug-likeness (QED) is 0.167. The van der Waals surface area contributed by atoms with Crippen LogP contribution in [0.25, 0.3) is 121 Å². The molecule has 0 unspecified atom stereocenters. The third-order valence-electron chi connectivity index (χ3n) is 13.4. The van der Waals surface area contributed by atoms with Crippen LogP contribution in [-0.4, -0.2) is 9.13 Å². The highest BCUT2D eigenvalue weighted by Crippen LogP contribution is 2.52. The van der Waals surface area contributed by atoms with Gasteiger partial charge in [-0.25, -0.2) is 8.78 Å². The average Bonchev–Trinajstić information content (AvgIpc) is 4.08. The molecule has 64 heavy (non-hydrogen) atoms. The number of benzene rings is 9. The summed E-state index contributed by atoms with van der Waals surface area (Å²) >= 11 is 0. The van der Waals surface area contributed by atoms with Crippen LogP contribution in [0, 0.1) is 11.6 Å². The van der Waals surface area contributed by atoms with Crippen LogP contribution in [0.3, 0.4) is 0 Å². The Labute approximate surface area is 365 Å². The summed E-state index contributed by atoms with van der Waals surface area (Å²) in [5.74, 6) is -0.725. The van der Waals surface area contributed by atoms with Gasteiger partial charge in [0.25, 0.3) is 0 Å².